The molecule has 0 radical (unpaired) electrons. The number of piperidine rings is 1. The molecular formula is C24H24F2N4O3S. The fourth-order valence-electron chi connectivity index (χ4n) is 4.75. The lowest BCUT2D eigenvalue weighted by atomic mass is 9.98. The normalized spacial score (nSPS) is 21.3. The van der Waals surface area contributed by atoms with Crippen LogP contribution in [0.4, 0.5) is 13.6 Å². The van der Waals surface area contributed by atoms with Crippen molar-refractivity contribution in [1.82, 2.24) is 19.8 Å². The number of amides is 2. The van der Waals surface area contributed by atoms with Crippen molar-refractivity contribution in [3.05, 3.63) is 59.7 Å². The Hall–Kier alpha value is -3.14. The van der Waals surface area contributed by atoms with E-state index in [1.54, 1.807) is 4.90 Å². The number of hydrogen-bond acceptors (Lipinski definition) is 5. The molecule has 0 unspecified atom stereocenters. The van der Waals surface area contributed by atoms with Crippen LogP contribution in [0.25, 0.3) is 11.0 Å². The number of halogens is 2. The van der Waals surface area contributed by atoms with Gasteiger partial charge < -0.3 is 14.6 Å². The number of nitrogens with one attached hydrogen (secondary N) is 1. The highest BCUT2D eigenvalue weighted by Crippen LogP contribution is 2.36. The van der Waals surface area contributed by atoms with E-state index in [1.807, 2.05) is 42.2 Å². The number of carbonyl (C=O) groups is 2. The quantitative estimate of drug-likeness (QED) is 0.537. The number of likely N-dealkylation sites (tertiary alicyclic amines) is 1. The van der Waals surface area contributed by atoms with E-state index in [4.69, 9.17) is 4.74 Å². The first-order valence-corrected chi connectivity index (χ1v) is 12.2. The van der Waals surface area contributed by atoms with Gasteiger partial charge in [-0.2, -0.15) is 0 Å². The maximum atomic E-state index is 13.8. The summed E-state index contributed by atoms with van der Waals surface area (Å²) in [5.74, 6) is -1.35. The average Bonchev–Trinajstić information content (AvgIpc) is 3.38. The van der Waals surface area contributed by atoms with Gasteiger partial charge in [-0.15, -0.1) is 0 Å². The number of benzene rings is 2. The fraction of sp³-hybridized carbons (Fsp3) is 0.375. The Kier molecular flexibility index (Phi) is 6.16. The molecule has 10 heteroatoms. The highest BCUT2D eigenvalue weighted by molar-refractivity contribution is 7.99. The van der Waals surface area contributed by atoms with Crippen molar-refractivity contribution in [3.63, 3.8) is 0 Å². The number of ether oxygens (including phenoxy) is 1. The van der Waals surface area contributed by atoms with Crippen LogP contribution in [0.2, 0.25) is 0 Å². The molecular weight excluding hydrogens is 462 g/mol. The van der Waals surface area contributed by atoms with Crippen LogP contribution in [0.5, 0.6) is 0 Å². The summed E-state index contributed by atoms with van der Waals surface area (Å²) >= 11 is 1.16. The number of hydrogen-bond donors (Lipinski definition) is 1. The zero-order valence-electron chi connectivity index (χ0n) is 18.5. The summed E-state index contributed by atoms with van der Waals surface area (Å²) < 4.78 is 32.9. The van der Waals surface area contributed by atoms with Gasteiger partial charge >= 0.3 is 6.09 Å². The van der Waals surface area contributed by atoms with E-state index in [2.05, 4.69) is 9.97 Å². The Labute approximate surface area is 199 Å². The monoisotopic (exact) mass is 486 g/mol. The largest absolute Gasteiger partial charge is 0.439 e. The predicted molar refractivity (Wildman–Crippen MR) is 123 cm³/mol. The van der Waals surface area contributed by atoms with Crippen LogP contribution in [-0.4, -0.2) is 62.7 Å². The summed E-state index contributed by atoms with van der Waals surface area (Å²) in [4.78, 5) is 35.9. The second-order valence-electron chi connectivity index (χ2n) is 8.59. The van der Waals surface area contributed by atoms with Crippen LogP contribution in [0.15, 0.2) is 47.6 Å². The summed E-state index contributed by atoms with van der Waals surface area (Å²) in [6.45, 7) is 3.08. The Morgan fingerprint density at radius 3 is 2.68 bits per heavy atom. The lowest BCUT2D eigenvalue weighted by molar-refractivity contribution is -0.129. The molecule has 2 atom stereocenters. The van der Waals surface area contributed by atoms with Gasteiger partial charge in [-0.1, -0.05) is 42.1 Å². The number of fused-ring (bicyclic) bond motifs is 1. The van der Waals surface area contributed by atoms with Crippen LogP contribution >= 0.6 is 11.8 Å². The molecule has 2 aromatic carbocycles. The van der Waals surface area contributed by atoms with Gasteiger partial charge in [0.05, 0.1) is 17.3 Å². The third-order valence-corrected chi connectivity index (χ3v) is 7.33. The molecule has 2 amide bonds. The number of imidazole rings is 1. The molecule has 2 saturated heterocycles. The molecule has 2 aliphatic heterocycles. The molecule has 3 aromatic rings. The Morgan fingerprint density at radius 2 is 1.94 bits per heavy atom. The molecule has 3 heterocycles. The number of carbonyl (C=O) groups excluding carboxylic acids is 2. The van der Waals surface area contributed by atoms with E-state index in [-0.39, 0.29) is 47.0 Å². The molecule has 34 heavy (non-hydrogen) atoms. The zero-order chi connectivity index (χ0) is 23.8. The van der Waals surface area contributed by atoms with Gasteiger partial charge in [0.15, 0.2) is 11.0 Å². The highest BCUT2D eigenvalue weighted by Gasteiger charge is 2.44. The molecule has 1 aromatic heterocycles. The smallest absolute Gasteiger partial charge is 0.411 e. The number of H-pyrrole nitrogens is 1. The standard InChI is InChI=1S/C24H24F2N4O3S/c1-14-22(15-5-3-2-4-6-15)33-24(32)30(14)17-7-9-29(10-8-17)20(31)13-34-23-27-19-12-16(25)11-18(26)21(19)28-23/h2-6,11-12,14,17,22H,7-10,13H2,1H3,(H,27,28)/t14-,22-/m0/s1. The number of nitrogens with zero attached hydrogens (tertiary/aromatic N) is 3. The minimum absolute atomic E-state index is 0.0150. The topological polar surface area (TPSA) is 78.5 Å². The van der Waals surface area contributed by atoms with Crippen LogP contribution in [0.1, 0.15) is 31.4 Å². The van der Waals surface area contributed by atoms with Crippen LogP contribution in [0.3, 0.4) is 0 Å². The minimum Gasteiger partial charge on any atom is -0.439 e. The lowest BCUT2D eigenvalue weighted by Crippen LogP contribution is -2.49. The Balaban J connectivity index is 1.16. The van der Waals surface area contributed by atoms with Crippen molar-refractivity contribution in [2.45, 2.75) is 43.1 Å². The second kappa shape index (κ2) is 9.25. The Bertz CT molecular complexity index is 1210. The number of aromatic nitrogens is 2. The molecule has 1 N–H and O–H groups in total. The summed E-state index contributed by atoms with van der Waals surface area (Å²) in [6, 6.07) is 11.6. The Morgan fingerprint density at radius 1 is 1.21 bits per heavy atom. The molecule has 5 rings (SSSR count). The highest BCUT2D eigenvalue weighted by atomic mass is 32.2. The molecule has 0 aliphatic carbocycles. The van der Waals surface area contributed by atoms with E-state index in [9.17, 15) is 18.4 Å². The van der Waals surface area contributed by atoms with E-state index in [0.717, 1.165) is 23.4 Å². The van der Waals surface area contributed by atoms with Gasteiger partial charge in [0.1, 0.15) is 17.4 Å². The molecule has 7 nitrogen and oxygen atoms in total. The minimum atomic E-state index is -0.740. The maximum absolute atomic E-state index is 13.8. The lowest BCUT2D eigenvalue weighted by Gasteiger charge is -2.37. The van der Waals surface area contributed by atoms with Crippen molar-refractivity contribution in [3.8, 4) is 0 Å². The van der Waals surface area contributed by atoms with Crippen molar-refractivity contribution < 1.29 is 23.1 Å². The van der Waals surface area contributed by atoms with Crippen molar-refractivity contribution in [2.75, 3.05) is 18.8 Å². The summed E-state index contributed by atoms with van der Waals surface area (Å²) in [5, 5.41) is 0.364. The molecule has 2 aliphatic rings. The van der Waals surface area contributed by atoms with Gasteiger partial charge in [0.25, 0.3) is 0 Å². The van der Waals surface area contributed by atoms with Gasteiger partial charge in [-0.05, 0) is 31.4 Å². The average molecular weight is 487 g/mol. The first-order valence-electron chi connectivity index (χ1n) is 11.2. The van der Waals surface area contributed by atoms with Gasteiger partial charge in [-0.3, -0.25) is 9.69 Å². The maximum Gasteiger partial charge on any atom is 0.411 e. The van der Waals surface area contributed by atoms with Gasteiger partial charge in [0.2, 0.25) is 5.91 Å². The van der Waals surface area contributed by atoms with Crippen LogP contribution in [0, 0.1) is 11.6 Å². The van der Waals surface area contributed by atoms with Crippen LogP contribution < -0.4 is 0 Å². The molecule has 0 saturated carbocycles. The number of aromatic amines is 1. The molecule has 178 valence electrons. The second-order valence-corrected chi connectivity index (χ2v) is 9.55. The van der Waals surface area contributed by atoms with Crippen molar-refractivity contribution >= 4 is 34.8 Å². The van der Waals surface area contributed by atoms with Gasteiger partial charge in [-0.25, -0.2) is 18.6 Å². The van der Waals surface area contributed by atoms with Crippen LogP contribution in [-0.2, 0) is 9.53 Å². The first-order chi connectivity index (χ1) is 16.4. The van der Waals surface area contributed by atoms with E-state index >= 15 is 0 Å². The van der Waals surface area contributed by atoms with Crippen molar-refractivity contribution in [1.29, 1.82) is 0 Å². The third kappa shape index (κ3) is 4.34. The summed E-state index contributed by atoms with van der Waals surface area (Å²) in [5.41, 5.74) is 1.29. The van der Waals surface area contributed by atoms with E-state index < -0.39 is 11.6 Å². The van der Waals surface area contributed by atoms with Gasteiger partial charge in [0, 0.05) is 25.2 Å². The number of rotatable bonds is 5. The first kappa shape index (κ1) is 22.6. The predicted octanol–water partition coefficient (Wildman–Crippen LogP) is 4.51. The third-order valence-electron chi connectivity index (χ3n) is 6.47. The molecule has 0 spiro atoms. The fourth-order valence-corrected chi connectivity index (χ4v) is 5.53. The number of thioether (sulfide) groups is 1. The zero-order valence-corrected chi connectivity index (χ0v) is 19.4. The SMILES string of the molecule is C[C@H]1[C@@H](c2ccccc2)OC(=O)N1C1CCN(C(=O)CSc2nc3c(F)cc(F)cc3[nH]2)CC1. The summed E-state index contributed by atoms with van der Waals surface area (Å²) in [6.07, 6.45) is 0.737. The molecule has 2 fully saturated rings. The van der Waals surface area contributed by atoms with E-state index in [0.29, 0.717) is 31.1 Å². The summed E-state index contributed by atoms with van der Waals surface area (Å²) in [7, 11) is 0. The number of cyclic esters (lactones) is 1. The van der Waals surface area contributed by atoms with Crippen molar-refractivity contribution in [2.24, 2.45) is 0 Å². The molecule has 0 bridgehead atoms. The van der Waals surface area contributed by atoms with E-state index in [1.165, 1.54) is 6.07 Å².